The fraction of sp³-hybridized carbons (Fsp3) is 0.400. The number of carbonyl (C=O) groups is 2. The smallest absolute Gasteiger partial charge is 0.322 e. The lowest BCUT2D eigenvalue weighted by Gasteiger charge is -2.29. The monoisotopic (exact) mass is 537 g/mol. The Labute approximate surface area is 230 Å². The minimum Gasteiger partial charge on any atom is -0.493 e. The summed E-state index contributed by atoms with van der Waals surface area (Å²) in [5, 5.41) is 4.99. The van der Waals surface area contributed by atoms with Crippen LogP contribution in [0.2, 0.25) is 0 Å². The second kappa shape index (κ2) is 13.9. The molecule has 1 N–H and O–H groups in total. The first-order valence-corrected chi connectivity index (χ1v) is 13.7. The molecule has 0 atom stereocenters. The number of ether oxygens (including phenoxy) is 2. The summed E-state index contributed by atoms with van der Waals surface area (Å²) in [5.41, 5.74) is 4.03. The van der Waals surface area contributed by atoms with E-state index in [1.807, 2.05) is 86.5 Å². The number of nitrogens with zero attached hydrogens (tertiary/aromatic N) is 2. The maximum absolute atomic E-state index is 13.6. The third kappa shape index (κ3) is 8.25. The van der Waals surface area contributed by atoms with Gasteiger partial charge >= 0.3 is 6.03 Å². The summed E-state index contributed by atoms with van der Waals surface area (Å²) in [6.07, 6.45) is 0.649. The van der Waals surface area contributed by atoms with Crippen LogP contribution in [0.1, 0.15) is 35.4 Å². The highest BCUT2D eigenvalue weighted by atomic mass is 32.1. The molecule has 0 aliphatic heterocycles. The number of aryl methyl sites for hydroxylation is 2. The molecule has 8 heteroatoms. The molecule has 1 aromatic heterocycles. The van der Waals surface area contributed by atoms with Crippen LogP contribution >= 0.6 is 11.3 Å². The summed E-state index contributed by atoms with van der Waals surface area (Å²) in [7, 11) is 3.22. The normalized spacial score (nSPS) is 10.8. The Morgan fingerprint density at radius 3 is 2.34 bits per heavy atom. The molecule has 0 fully saturated rings. The zero-order valence-electron chi connectivity index (χ0n) is 23.2. The number of hydrogen-bond donors (Lipinski definition) is 1. The van der Waals surface area contributed by atoms with Crippen LogP contribution in [0.5, 0.6) is 11.5 Å². The van der Waals surface area contributed by atoms with Gasteiger partial charge < -0.3 is 24.6 Å². The molecule has 0 bridgehead atoms. The minimum atomic E-state index is -0.272. The van der Waals surface area contributed by atoms with Gasteiger partial charge in [0, 0.05) is 23.7 Å². The number of benzene rings is 2. The van der Waals surface area contributed by atoms with E-state index in [1.165, 1.54) is 0 Å². The lowest BCUT2D eigenvalue weighted by molar-refractivity contribution is -0.132. The van der Waals surface area contributed by atoms with Crippen molar-refractivity contribution in [3.8, 4) is 11.5 Å². The van der Waals surface area contributed by atoms with Crippen LogP contribution < -0.4 is 14.8 Å². The fourth-order valence-corrected chi connectivity index (χ4v) is 4.85. The van der Waals surface area contributed by atoms with Crippen molar-refractivity contribution in [2.24, 2.45) is 5.92 Å². The highest BCUT2D eigenvalue weighted by Crippen LogP contribution is 2.28. The van der Waals surface area contributed by atoms with Crippen LogP contribution in [0, 0.1) is 19.8 Å². The molecule has 0 saturated carbocycles. The van der Waals surface area contributed by atoms with E-state index in [2.05, 4.69) is 5.32 Å². The van der Waals surface area contributed by atoms with Crippen molar-refractivity contribution in [1.82, 2.24) is 9.80 Å². The maximum atomic E-state index is 13.6. The first kappa shape index (κ1) is 29.0. The van der Waals surface area contributed by atoms with E-state index < -0.39 is 0 Å². The quantitative estimate of drug-likeness (QED) is 0.301. The van der Waals surface area contributed by atoms with Gasteiger partial charge in [0.25, 0.3) is 0 Å². The second-order valence-electron chi connectivity index (χ2n) is 9.84. The number of methoxy groups -OCH3 is 2. The van der Waals surface area contributed by atoms with Gasteiger partial charge in [-0.25, -0.2) is 4.79 Å². The van der Waals surface area contributed by atoms with Gasteiger partial charge in [-0.1, -0.05) is 32.0 Å². The Balaban J connectivity index is 1.75. The predicted octanol–water partition coefficient (Wildman–Crippen LogP) is 6.14. The minimum absolute atomic E-state index is 0.00612. The molecular formula is C30H39N3O4S. The molecule has 1 heterocycles. The first-order chi connectivity index (χ1) is 18.2. The number of urea groups is 1. The number of nitrogens with one attached hydrogen (secondary N) is 1. The summed E-state index contributed by atoms with van der Waals surface area (Å²) in [6.45, 7) is 9.63. The molecule has 7 nitrogen and oxygen atoms in total. The lowest BCUT2D eigenvalue weighted by Crippen LogP contribution is -2.46. The van der Waals surface area contributed by atoms with Gasteiger partial charge in [0.1, 0.15) is 6.54 Å². The van der Waals surface area contributed by atoms with Crippen LogP contribution in [0.25, 0.3) is 0 Å². The third-order valence-electron chi connectivity index (χ3n) is 6.35. The number of rotatable bonds is 12. The van der Waals surface area contributed by atoms with Crippen molar-refractivity contribution in [2.75, 3.05) is 39.2 Å². The van der Waals surface area contributed by atoms with Gasteiger partial charge in [-0.05, 0) is 78.6 Å². The number of thiophene rings is 1. The van der Waals surface area contributed by atoms with Crippen LogP contribution in [-0.2, 0) is 17.8 Å². The molecular weight excluding hydrogens is 498 g/mol. The Kier molecular flexibility index (Phi) is 10.6. The molecule has 0 aliphatic carbocycles. The fourth-order valence-electron chi connectivity index (χ4n) is 4.13. The van der Waals surface area contributed by atoms with Crippen molar-refractivity contribution in [3.63, 3.8) is 0 Å². The largest absolute Gasteiger partial charge is 0.493 e. The van der Waals surface area contributed by atoms with Crippen molar-refractivity contribution < 1.29 is 19.1 Å². The second-order valence-corrected chi connectivity index (χ2v) is 10.9. The molecule has 3 aromatic rings. The maximum Gasteiger partial charge on any atom is 0.322 e. The summed E-state index contributed by atoms with van der Waals surface area (Å²) in [6, 6.07) is 15.4. The third-order valence-corrected chi connectivity index (χ3v) is 7.22. The lowest BCUT2D eigenvalue weighted by atomic mass is 10.1. The highest BCUT2D eigenvalue weighted by Gasteiger charge is 2.23. The van der Waals surface area contributed by atoms with Crippen molar-refractivity contribution in [3.05, 3.63) is 75.5 Å². The highest BCUT2D eigenvalue weighted by molar-refractivity contribution is 7.09. The summed E-state index contributed by atoms with van der Waals surface area (Å²) in [5.74, 6) is 1.45. The van der Waals surface area contributed by atoms with Crippen molar-refractivity contribution in [2.45, 2.75) is 40.7 Å². The Hall–Kier alpha value is -3.52. The van der Waals surface area contributed by atoms with E-state index in [0.29, 0.717) is 37.6 Å². The van der Waals surface area contributed by atoms with E-state index in [-0.39, 0.29) is 24.4 Å². The van der Waals surface area contributed by atoms with E-state index in [4.69, 9.17) is 9.47 Å². The Morgan fingerprint density at radius 1 is 0.947 bits per heavy atom. The molecule has 2 aromatic carbocycles. The number of amides is 3. The van der Waals surface area contributed by atoms with E-state index in [0.717, 1.165) is 27.3 Å². The summed E-state index contributed by atoms with van der Waals surface area (Å²) >= 11 is 1.62. The average Bonchev–Trinajstić information content (AvgIpc) is 3.41. The van der Waals surface area contributed by atoms with Gasteiger partial charge in [0.15, 0.2) is 11.5 Å². The standard InChI is InChI=1S/C30H39N3O4S/c1-21(2)18-33(30(35)31-25-11-9-22(3)23(4)16-25)20-29(34)32(19-26-8-7-15-38-26)14-13-24-10-12-27(36-5)28(17-24)37-6/h7-12,15-17,21H,13-14,18-20H2,1-6H3,(H,31,35). The predicted molar refractivity (Wildman–Crippen MR) is 154 cm³/mol. The van der Waals surface area contributed by atoms with Crippen molar-refractivity contribution >= 4 is 29.0 Å². The SMILES string of the molecule is COc1ccc(CCN(Cc2cccs2)C(=O)CN(CC(C)C)C(=O)Nc2ccc(C)c(C)c2)cc1OC. The molecule has 0 aliphatic rings. The number of hydrogen-bond acceptors (Lipinski definition) is 5. The molecule has 0 unspecified atom stereocenters. The zero-order valence-corrected chi connectivity index (χ0v) is 24.1. The van der Waals surface area contributed by atoms with Crippen LogP contribution in [-0.4, -0.2) is 55.6 Å². The first-order valence-electron chi connectivity index (χ1n) is 12.8. The average molecular weight is 538 g/mol. The molecule has 3 amide bonds. The van der Waals surface area contributed by atoms with Crippen molar-refractivity contribution in [1.29, 1.82) is 0 Å². The Bertz CT molecular complexity index is 1210. The van der Waals surface area contributed by atoms with Gasteiger partial charge in [-0.2, -0.15) is 0 Å². The van der Waals surface area contributed by atoms with Crippen LogP contribution in [0.4, 0.5) is 10.5 Å². The molecule has 38 heavy (non-hydrogen) atoms. The topological polar surface area (TPSA) is 71.1 Å². The Morgan fingerprint density at radius 2 is 1.71 bits per heavy atom. The summed E-state index contributed by atoms with van der Waals surface area (Å²) < 4.78 is 10.8. The number of carbonyl (C=O) groups excluding carboxylic acids is 2. The molecule has 0 radical (unpaired) electrons. The number of anilines is 1. The van der Waals surface area contributed by atoms with Gasteiger partial charge in [0.2, 0.25) is 5.91 Å². The van der Waals surface area contributed by atoms with Gasteiger partial charge in [-0.3, -0.25) is 4.79 Å². The van der Waals surface area contributed by atoms with Gasteiger partial charge in [-0.15, -0.1) is 11.3 Å². The van der Waals surface area contributed by atoms with Crippen LogP contribution in [0.15, 0.2) is 53.9 Å². The molecule has 0 saturated heterocycles. The van der Waals surface area contributed by atoms with Gasteiger partial charge in [0.05, 0.1) is 20.8 Å². The molecule has 0 spiro atoms. The van der Waals surface area contributed by atoms with E-state index >= 15 is 0 Å². The van der Waals surface area contributed by atoms with E-state index in [1.54, 1.807) is 30.5 Å². The van der Waals surface area contributed by atoms with Crippen LogP contribution in [0.3, 0.4) is 0 Å². The zero-order chi connectivity index (χ0) is 27.7. The molecule has 3 rings (SSSR count). The molecule has 204 valence electrons. The summed E-state index contributed by atoms with van der Waals surface area (Å²) in [4.78, 5) is 31.4. The van der Waals surface area contributed by atoms with E-state index in [9.17, 15) is 9.59 Å².